The molecule has 0 aliphatic carbocycles. The first kappa shape index (κ1) is 20.5. The summed E-state index contributed by atoms with van der Waals surface area (Å²) in [5.74, 6) is -0.122. The molecule has 1 atom stereocenters. The summed E-state index contributed by atoms with van der Waals surface area (Å²) in [5.41, 5.74) is 1.85. The lowest BCUT2D eigenvalue weighted by Gasteiger charge is -2.18. The highest BCUT2D eigenvalue weighted by Gasteiger charge is 2.20. The van der Waals surface area contributed by atoms with Crippen LogP contribution in [-0.4, -0.2) is 21.9 Å². The molecule has 0 bridgehead atoms. The summed E-state index contributed by atoms with van der Waals surface area (Å²) in [5, 5.41) is 16.8. The van der Waals surface area contributed by atoms with E-state index in [-0.39, 0.29) is 23.4 Å². The molecule has 8 heteroatoms. The molecule has 1 heterocycles. The number of nitro benzene ring substituents is 1. The van der Waals surface area contributed by atoms with Crippen LogP contribution in [0.15, 0.2) is 54.0 Å². The third-order valence-corrected chi connectivity index (χ3v) is 5.02. The van der Waals surface area contributed by atoms with Gasteiger partial charge in [0.25, 0.3) is 11.6 Å². The van der Waals surface area contributed by atoms with Crippen molar-refractivity contribution in [2.75, 3.05) is 0 Å². The molecule has 1 unspecified atom stereocenters. The molecule has 0 fully saturated rings. The molecule has 3 rings (SSSR count). The quantitative estimate of drug-likeness (QED) is 0.436. The van der Waals surface area contributed by atoms with Crippen LogP contribution in [0.4, 0.5) is 5.69 Å². The maximum atomic E-state index is 12.9. The average molecular weight is 411 g/mol. The monoisotopic (exact) mass is 411 g/mol. The van der Waals surface area contributed by atoms with E-state index in [4.69, 9.17) is 4.74 Å². The minimum absolute atomic E-state index is 0.135. The summed E-state index contributed by atoms with van der Waals surface area (Å²) >= 11 is 1.54. The molecule has 1 amide bonds. The number of nitrogens with zero attached hydrogens (tertiary/aromatic N) is 2. The van der Waals surface area contributed by atoms with E-state index in [0.29, 0.717) is 5.75 Å². The molecule has 1 aromatic heterocycles. The highest BCUT2D eigenvalue weighted by Crippen LogP contribution is 2.28. The predicted molar refractivity (Wildman–Crippen MR) is 112 cm³/mol. The van der Waals surface area contributed by atoms with Gasteiger partial charge in [-0.3, -0.25) is 14.9 Å². The zero-order valence-corrected chi connectivity index (χ0v) is 17.1. The number of aromatic nitrogens is 1. The number of non-ortho nitro benzene ring substituents is 1. The van der Waals surface area contributed by atoms with Crippen molar-refractivity contribution in [3.63, 3.8) is 0 Å². The largest absolute Gasteiger partial charge is 0.490 e. The van der Waals surface area contributed by atoms with E-state index in [9.17, 15) is 14.9 Å². The molecule has 0 saturated heterocycles. The van der Waals surface area contributed by atoms with Crippen molar-refractivity contribution in [3.8, 4) is 16.3 Å². The first-order valence-electron chi connectivity index (χ1n) is 9.11. The molecular weight excluding hydrogens is 390 g/mol. The second-order valence-electron chi connectivity index (χ2n) is 6.76. The lowest BCUT2D eigenvalue weighted by molar-refractivity contribution is -0.384. The molecule has 0 radical (unpaired) electrons. The van der Waals surface area contributed by atoms with Crippen molar-refractivity contribution >= 4 is 22.9 Å². The summed E-state index contributed by atoms with van der Waals surface area (Å²) in [4.78, 5) is 27.8. The third kappa shape index (κ3) is 4.97. The van der Waals surface area contributed by atoms with Crippen LogP contribution >= 0.6 is 11.3 Å². The number of hydrogen-bond donors (Lipinski definition) is 1. The fourth-order valence-corrected chi connectivity index (χ4v) is 3.47. The summed E-state index contributed by atoms with van der Waals surface area (Å²) < 4.78 is 5.67. The number of nitro groups is 1. The predicted octanol–water partition coefficient (Wildman–Crippen LogP) is 5.00. The Balaban J connectivity index is 1.85. The lowest BCUT2D eigenvalue weighted by Crippen LogP contribution is -2.27. The second kappa shape index (κ2) is 8.83. The Labute approximate surface area is 172 Å². The second-order valence-corrected chi connectivity index (χ2v) is 7.66. The number of carbonyl (C=O) groups excluding carboxylic acids is 1. The van der Waals surface area contributed by atoms with Crippen molar-refractivity contribution in [1.29, 1.82) is 0 Å². The van der Waals surface area contributed by atoms with Gasteiger partial charge in [0.1, 0.15) is 10.8 Å². The first-order chi connectivity index (χ1) is 13.8. The number of rotatable bonds is 7. The molecule has 29 heavy (non-hydrogen) atoms. The van der Waals surface area contributed by atoms with Crippen molar-refractivity contribution in [1.82, 2.24) is 10.3 Å². The van der Waals surface area contributed by atoms with Crippen LogP contribution in [0.1, 0.15) is 42.7 Å². The van der Waals surface area contributed by atoms with Gasteiger partial charge in [-0.1, -0.05) is 18.2 Å². The molecule has 0 aliphatic rings. The Morgan fingerprint density at radius 3 is 2.66 bits per heavy atom. The maximum absolute atomic E-state index is 12.9. The molecule has 1 N–H and O–H groups in total. The SMILES string of the molecule is CC(C)Oc1ccc([N+](=O)[O-])cc1C(=O)NC(C)c1cccc(-c2nccs2)c1. The van der Waals surface area contributed by atoms with Crippen molar-refractivity contribution in [2.45, 2.75) is 32.9 Å². The Bertz CT molecular complexity index is 1020. The van der Waals surface area contributed by atoms with E-state index in [0.717, 1.165) is 16.1 Å². The Hall–Kier alpha value is -3.26. The number of thiazole rings is 1. The number of ether oxygens (including phenoxy) is 1. The fraction of sp³-hybridized carbons (Fsp3) is 0.238. The highest BCUT2D eigenvalue weighted by atomic mass is 32.1. The first-order valence-corrected chi connectivity index (χ1v) is 9.99. The van der Waals surface area contributed by atoms with E-state index >= 15 is 0 Å². The van der Waals surface area contributed by atoms with E-state index in [2.05, 4.69) is 10.3 Å². The van der Waals surface area contributed by atoms with Crippen LogP contribution in [0.3, 0.4) is 0 Å². The topological polar surface area (TPSA) is 94.4 Å². The van der Waals surface area contributed by atoms with Crippen molar-refractivity contribution < 1.29 is 14.5 Å². The lowest BCUT2D eigenvalue weighted by atomic mass is 10.0. The molecule has 7 nitrogen and oxygen atoms in total. The molecule has 150 valence electrons. The number of hydrogen-bond acceptors (Lipinski definition) is 6. The molecule has 0 saturated carbocycles. The third-order valence-electron chi connectivity index (χ3n) is 4.19. The zero-order chi connectivity index (χ0) is 21.0. The molecule has 0 spiro atoms. The number of nitrogens with one attached hydrogen (secondary N) is 1. The summed E-state index contributed by atoms with van der Waals surface area (Å²) in [6.07, 6.45) is 1.58. The number of benzene rings is 2. The van der Waals surface area contributed by atoms with Gasteiger partial charge in [0, 0.05) is 29.3 Å². The van der Waals surface area contributed by atoms with Crippen molar-refractivity contribution in [2.24, 2.45) is 0 Å². The normalized spacial score (nSPS) is 11.9. The number of amides is 1. The van der Waals surface area contributed by atoms with E-state index < -0.39 is 10.8 Å². The number of carbonyl (C=O) groups is 1. The average Bonchev–Trinajstić information content (AvgIpc) is 3.22. The van der Waals surface area contributed by atoms with Gasteiger partial charge in [0.2, 0.25) is 0 Å². The Morgan fingerprint density at radius 1 is 1.21 bits per heavy atom. The van der Waals surface area contributed by atoms with Gasteiger partial charge >= 0.3 is 0 Å². The van der Waals surface area contributed by atoms with Crippen LogP contribution in [-0.2, 0) is 0 Å². The van der Waals surface area contributed by atoms with Gasteiger partial charge < -0.3 is 10.1 Å². The zero-order valence-electron chi connectivity index (χ0n) is 16.3. The van der Waals surface area contributed by atoms with Gasteiger partial charge in [-0.15, -0.1) is 11.3 Å². The minimum atomic E-state index is -0.531. The van der Waals surface area contributed by atoms with Gasteiger partial charge in [-0.05, 0) is 38.5 Å². The molecule has 2 aromatic carbocycles. The molecular formula is C21H21N3O4S. The van der Waals surface area contributed by atoms with Crippen LogP contribution < -0.4 is 10.1 Å². The van der Waals surface area contributed by atoms with Crippen LogP contribution in [0.2, 0.25) is 0 Å². The molecule has 0 aliphatic heterocycles. The summed E-state index contributed by atoms with van der Waals surface area (Å²) in [6, 6.07) is 11.5. The van der Waals surface area contributed by atoms with E-state index in [1.54, 1.807) is 17.5 Å². The van der Waals surface area contributed by atoms with Gasteiger partial charge in [-0.25, -0.2) is 4.98 Å². The van der Waals surface area contributed by atoms with Gasteiger partial charge in [0.05, 0.1) is 22.6 Å². The van der Waals surface area contributed by atoms with E-state index in [1.165, 1.54) is 18.2 Å². The van der Waals surface area contributed by atoms with Crippen LogP contribution in [0.25, 0.3) is 10.6 Å². The van der Waals surface area contributed by atoms with Gasteiger partial charge in [0.15, 0.2) is 0 Å². The van der Waals surface area contributed by atoms with Crippen LogP contribution in [0.5, 0.6) is 5.75 Å². The maximum Gasteiger partial charge on any atom is 0.270 e. The van der Waals surface area contributed by atoms with Crippen LogP contribution in [0, 0.1) is 10.1 Å². The smallest absolute Gasteiger partial charge is 0.270 e. The molecule has 3 aromatic rings. The van der Waals surface area contributed by atoms with E-state index in [1.807, 2.05) is 50.4 Å². The fourth-order valence-electron chi connectivity index (χ4n) is 2.83. The summed E-state index contributed by atoms with van der Waals surface area (Å²) in [6.45, 7) is 5.52. The van der Waals surface area contributed by atoms with Crippen molar-refractivity contribution in [3.05, 3.63) is 75.3 Å². The summed E-state index contributed by atoms with van der Waals surface area (Å²) in [7, 11) is 0. The minimum Gasteiger partial charge on any atom is -0.490 e. The Morgan fingerprint density at radius 2 is 2.00 bits per heavy atom. The standard InChI is InChI=1S/C21H21N3O4S/c1-13(2)28-19-8-7-17(24(26)27)12-18(19)20(25)23-14(3)15-5-4-6-16(11-15)21-22-9-10-29-21/h4-14H,1-3H3,(H,23,25). The Kier molecular flexibility index (Phi) is 6.23. The van der Waals surface area contributed by atoms with Gasteiger partial charge in [-0.2, -0.15) is 0 Å². The highest BCUT2D eigenvalue weighted by molar-refractivity contribution is 7.13.